The number of aromatic nitrogens is 1. The molecule has 4 amide bonds. The van der Waals surface area contributed by atoms with Crippen LogP contribution in [0.2, 0.25) is 0 Å². The zero-order valence-corrected chi connectivity index (χ0v) is 16.3. The van der Waals surface area contributed by atoms with Gasteiger partial charge in [-0.1, -0.05) is 36.4 Å². The third-order valence-corrected chi connectivity index (χ3v) is 4.85. The Morgan fingerprint density at radius 2 is 1.48 bits per heavy atom. The molecule has 0 saturated carbocycles. The lowest BCUT2D eigenvalue weighted by Crippen LogP contribution is -2.54. The van der Waals surface area contributed by atoms with Crippen molar-refractivity contribution >= 4 is 29.3 Å². The van der Waals surface area contributed by atoms with E-state index in [1.807, 2.05) is 0 Å². The summed E-state index contributed by atoms with van der Waals surface area (Å²) in [5.41, 5.74) is 3.46. The Kier molecular flexibility index (Phi) is 5.53. The van der Waals surface area contributed by atoms with E-state index in [0.717, 1.165) is 9.91 Å². The van der Waals surface area contributed by atoms with Gasteiger partial charge in [0.1, 0.15) is 6.04 Å². The maximum absolute atomic E-state index is 13.2. The standard InChI is InChI=1S/C23H18N4O4/c28-20-15-19(23(31)26(20)18-9-5-2-6-10-18)27(22(30)17-7-3-1-4-8-17)25-21(29)16-11-13-24-14-12-16/h1-14,19H,15H2,(H,25,29). The number of hydrazine groups is 1. The number of para-hydroxylation sites is 1. The van der Waals surface area contributed by atoms with Crippen molar-refractivity contribution in [1.29, 1.82) is 0 Å². The Balaban J connectivity index is 1.67. The minimum Gasteiger partial charge on any atom is -0.274 e. The minimum atomic E-state index is -1.17. The molecule has 154 valence electrons. The fourth-order valence-corrected chi connectivity index (χ4v) is 3.33. The van der Waals surface area contributed by atoms with Crippen LogP contribution in [0.15, 0.2) is 85.2 Å². The van der Waals surface area contributed by atoms with Gasteiger partial charge in [-0.15, -0.1) is 0 Å². The lowest BCUT2D eigenvalue weighted by Gasteiger charge is -2.28. The zero-order chi connectivity index (χ0) is 21.8. The largest absolute Gasteiger partial charge is 0.274 e. The van der Waals surface area contributed by atoms with Crippen molar-refractivity contribution in [3.05, 3.63) is 96.3 Å². The molecule has 1 unspecified atom stereocenters. The molecule has 1 atom stereocenters. The van der Waals surface area contributed by atoms with Crippen LogP contribution >= 0.6 is 0 Å². The molecule has 4 rings (SSSR count). The lowest BCUT2D eigenvalue weighted by atomic mass is 10.1. The topological polar surface area (TPSA) is 99.7 Å². The molecule has 1 fully saturated rings. The van der Waals surface area contributed by atoms with Crippen molar-refractivity contribution in [1.82, 2.24) is 15.4 Å². The van der Waals surface area contributed by atoms with Gasteiger partial charge in [0.2, 0.25) is 5.91 Å². The van der Waals surface area contributed by atoms with E-state index in [-0.39, 0.29) is 17.5 Å². The lowest BCUT2D eigenvalue weighted by molar-refractivity contribution is -0.122. The first-order chi connectivity index (χ1) is 15.1. The minimum absolute atomic E-state index is 0.247. The number of benzene rings is 2. The normalized spacial score (nSPS) is 15.6. The average Bonchev–Trinajstić information content (AvgIpc) is 3.12. The van der Waals surface area contributed by atoms with Crippen molar-refractivity contribution in [2.24, 2.45) is 0 Å². The Morgan fingerprint density at radius 1 is 0.871 bits per heavy atom. The van der Waals surface area contributed by atoms with Gasteiger partial charge in [-0.05, 0) is 36.4 Å². The molecule has 2 heterocycles. The summed E-state index contributed by atoms with van der Waals surface area (Å²) < 4.78 is 0. The molecular formula is C23H18N4O4. The van der Waals surface area contributed by atoms with Gasteiger partial charge in [0, 0.05) is 23.5 Å². The third kappa shape index (κ3) is 4.04. The number of anilines is 1. The second kappa shape index (κ2) is 8.58. The maximum atomic E-state index is 13.2. The molecule has 1 aromatic heterocycles. The average molecular weight is 414 g/mol. The molecule has 0 spiro atoms. The van der Waals surface area contributed by atoms with Gasteiger partial charge >= 0.3 is 0 Å². The van der Waals surface area contributed by atoms with Crippen LogP contribution in [0.25, 0.3) is 0 Å². The van der Waals surface area contributed by atoms with Gasteiger partial charge in [-0.2, -0.15) is 0 Å². The molecule has 0 bridgehead atoms. The number of imide groups is 1. The number of nitrogens with zero attached hydrogens (tertiary/aromatic N) is 3. The van der Waals surface area contributed by atoms with Crippen LogP contribution in [0.5, 0.6) is 0 Å². The second-order valence-electron chi connectivity index (χ2n) is 6.84. The second-order valence-corrected chi connectivity index (χ2v) is 6.84. The summed E-state index contributed by atoms with van der Waals surface area (Å²) in [6.07, 6.45) is 2.64. The van der Waals surface area contributed by atoms with E-state index in [1.165, 1.54) is 24.5 Å². The first-order valence-electron chi connectivity index (χ1n) is 9.57. The number of pyridine rings is 1. The molecule has 0 aliphatic carbocycles. The van der Waals surface area contributed by atoms with E-state index in [2.05, 4.69) is 10.4 Å². The van der Waals surface area contributed by atoms with Crippen LogP contribution in [-0.2, 0) is 9.59 Å². The van der Waals surface area contributed by atoms with Crippen LogP contribution in [0.3, 0.4) is 0 Å². The van der Waals surface area contributed by atoms with E-state index in [9.17, 15) is 19.2 Å². The Labute approximate surface area is 178 Å². The summed E-state index contributed by atoms with van der Waals surface area (Å²) in [6, 6.07) is 18.5. The highest BCUT2D eigenvalue weighted by Crippen LogP contribution is 2.26. The SMILES string of the molecule is O=C(NN(C(=O)c1ccccc1)C1CC(=O)N(c2ccccc2)C1=O)c1ccncc1. The Bertz CT molecular complexity index is 1120. The zero-order valence-electron chi connectivity index (χ0n) is 16.3. The highest BCUT2D eigenvalue weighted by Gasteiger charge is 2.45. The van der Waals surface area contributed by atoms with E-state index in [1.54, 1.807) is 60.7 Å². The predicted octanol–water partition coefficient (Wildman–Crippen LogP) is 2.20. The van der Waals surface area contributed by atoms with Crippen molar-refractivity contribution in [3.63, 3.8) is 0 Å². The molecule has 1 aliphatic heterocycles. The molecule has 1 aliphatic rings. The highest BCUT2D eigenvalue weighted by molar-refractivity contribution is 6.23. The summed E-state index contributed by atoms with van der Waals surface area (Å²) in [5.74, 6) is -2.23. The van der Waals surface area contributed by atoms with Crippen LogP contribution in [0, 0.1) is 0 Å². The molecule has 0 radical (unpaired) electrons. The fraction of sp³-hybridized carbons (Fsp3) is 0.0870. The molecule has 1 saturated heterocycles. The number of rotatable bonds is 4. The molecule has 2 aromatic carbocycles. The smallest absolute Gasteiger partial charge is 0.273 e. The molecule has 1 N–H and O–H groups in total. The summed E-state index contributed by atoms with van der Waals surface area (Å²) in [5, 5.41) is 0.946. The van der Waals surface area contributed by atoms with Crippen molar-refractivity contribution in [2.75, 3.05) is 4.90 Å². The quantitative estimate of drug-likeness (QED) is 0.521. The third-order valence-electron chi connectivity index (χ3n) is 4.85. The summed E-state index contributed by atoms with van der Waals surface area (Å²) in [4.78, 5) is 56.7. The van der Waals surface area contributed by atoms with Crippen LogP contribution in [0.1, 0.15) is 27.1 Å². The maximum Gasteiger partial charge on any atom is 0.273 e. The monoisotopic (exact) mass is 414 g/mol. The summed E-state index contributed by atoms with van der Waals surface area (Å²) in [7, 11) is 0. The van der Waals surface area contributed by atoms with Gasteiger partial charge in [-0.3, -0.25) is 29.6 Å². The van der Waals surface area contributed by atoms with Gasteiger partial charge < -0.3 is 0 Å². The van der Waals surface area contributed by atoms with Crippen molar-refractivity contribution < 1.29 is 19.2 Å². The van der Waals surface area contributed by atoms with Gasteiger partial charge in [0.15, 0.2) is 0 Å². The first-order valence-corrected chi connectivity index (χ1v) is 9.57. The molecule has 8 nitrogen and oxygen atoms in total. The number of carbonyl (C=O) groups is 4. The van der Waals surface area contributed by atoms with Gasteiger partial charge in [0.25, 0.3) is 17.7 Å². The van der Waals surface area contributed by atoms with Crippen LogP contribution in [0.4, 0.5) is 5.69 Å². The number of amides is 4. The number of hydrogen-bond donors (Lipinski definition) is 1. The molecule has 3 aromatic rings. The van der Waals surface area contributed by atoms with Crippen LogP contribution < -0.4 is 10.3 Å². The van der Waals surface area contributed by atoms with Crippen molar-refractivity contribution in [2.45, 2.75) is 12.5 Å². The Morgan fingerprint density at radius 3 is 2.13 bits per heavy atom. The highest BCUT2D eigenvalue weighted by atomic mass is 16.2. The number of nitrogens with one attached hydrogen (secondary N) is 1. The molecule has 8 heteroatoms. The van der Waals surface area contributed by atoms with Gasteiger partial charge in [0.05, 0.1) is 12.1 Å². The van der Waals surface area contributed by atoms with Crippen molar-refractivity contribution in [3.8, 4) is 0 Å². The number of carbonyl (C=O) groups excluding carboxylic acids is 4. The molecular weight excluding hydrogens is 396 g/mol. The van der Waals surface area contributed by atoms with E-state index in [4.69, 9.17) is 0 Å². The summed E-state index contributed by atoms with van der Waals surface area (Å²) in [6.45, 7) is 0. The molecule has 31 heavy (non-hydrogen) atoms. The van der Waals surface area contributed by atoms with Gasteiger partial charge in [-0.25, -0.2) is 9.91 Å². The summed E-state index contributed by atoms with van der Waals surface area (Å²) >= 11 is 0. The fourth-order valence-electron chi connectivity index (χ4n) is 3.33. The predicted molar refractivity (Wildman–Crippen MR) is 112 cm³/mol. The first kappa shape index (κ1) is 20.0. The van der Waals surface area contributed by atoms with E-state index in [0.29, 0.717) is 5.69 Å². The van der Waals surface area contributed by atoms with E-state index >= 15 is 0 Å². The Hall–Kier alpha value is -4.33. The number of hydrogen-bond acceptors (Lipinski definition) is 5. The van der Waals surface area contributed by atoms with Crippen LogP contribution in [-0.4, -0.2) is 39.7 Å². The van der Waals surface area contributed by atoms with E-state index < -0.39 is 29.7 Å².